The van der Waals surface area contributed by atoms with Crippen molar-refractivity contribution in [2.24, 2.45) is 0 Å². The quantitative estimate of drug-likeness (QED) is 0.736. The lowest BCUT2D eigenvalue weighted by molar-refractivity contribution is 0.0474. The standard InChI is InChI=1S/C9H15NO2/c1-6(2)7-5-8(12-10-7)9(3,4)11/h5-6,11H,1-4H3. The summed E-state index contributed by atoms with van der Waals surface area (Å²) in [6.45, 7) is 7.42. The second kappa shape index (κ2) is 2.90. The van der Waals surface area contributed by atoms with Gasteiger partial charge in [0.1, 0.15) is 5.60 Å². The van der Waals surface area contributed by atoms with E-state index in [-0.39, 0.29) is 0 Å². The second-order valence-electron chi connectivity index (χ2n) is 3.83. The lowest BCUT2D eigenvalue weighted by Gasteiger charge is -2.11. The van der Waals surface area contributed by atoms with E-state index in [1.165, 1.54) is 0 Å². The molecule has 0 spiro atoms. The second-order valence-corrected chi connectivity index (χ2v) is 3.83. The Morgan fingerprint density at radius 3 is 2.33 bits per heavy atom. The summed E-state index contributed by atoms with van der Waals surface area (Å²) in [6.07, 6.45) is 0. The van der Waals surface area contributed by atoms with Crippen molar-refractivity contribution in [2.75, 3.05) is 0 Å². The summed E-state index contributed by atoms with van der Waals surface area (Å²) in [7, 11) is 0. The first-order valence-corrected chi connectivity index (χ1v) is 4.10. The van der Waals surface area contributed by atoms with Gasteiger partial charge in [0.15, 0.2) is 5.76 Å². The molecule has 1 aromatic heterocycles. The predicted molar refractivity (Wildman–Crippen MR) is 45.8 cm³/mol. The third-order valence-electron chi connectivity index (χ3n) is 1.72. The van der Waals surface area contributed by atoms with Gasteiger partial charge < -0.3 is 9.63 Å². The molecule has 0 fully saturated rings. The lowest BCUT2D eigenvalue weighted by Crippen LogP contribution is -2.13. The van der Waals surface area contributed by atoms with Crippen molar-refractivity contribution < 1.29 is 9.63 Å². The van der Waals surface area contributed by atoms with Crippen LogP contribution < -0.4 is 0 Å². The van der Waals surface area contributed by atoms with E-state index in [0.29, 0.717) is 11.7 Å². The molecule has 0 aromatic carbocycles. The zero-order valence-electron chi connectivity index (χ0n) is 7.96. The molecule has 68 valence electrons. The van der Waals surface area contributed by atoms with Gasteiger partial charge in [-0.25, -0.2) is 0 Å². The Hall–Kier alpha value is -0.830. The third kappa shape index (κ3) is 1.85. The summed E-state index contributed by atoms with van der Waals surface area (Å²) in [6, 6.07) is 1.80. The molecule has 1 N–H and O–H groups in total. The van der Waals surface area contributed by atoms with Gasteiger partial charge in [0, 0.05) is 6.07 Å². The van der Waals surface area contributed by atoms with Gasteiger partial charge >= 0.3 is 0 Å². The maximum Gasteiger partial charge on any atom is 0.167 e. The molecular formula is C9H15NO2. The Labute approximate surface area is 72.4 Å². The van der Waals surface area contributed by atoms with E-state index >= 15 is 0 Å². The van der Waals surface area contributed by atoms with Crippen molar-refractivity contribution in [1.82, 2.24) is 5.16 Å². The van der Waals surface area contributed by atoms with Crippen molar-refractivity contribution in [3.8, 4) is 0 Å². The van der Waals surface area contributed by atoms with E-state index in [1.807, 2.05) is 13.8 Å². The number of nitrogens with zero attached hydrogens (tertiary/aromatic N) is 1. The molecule has 0 radical (unpaired) electrons. The average molecular weight is 169 g/mol. The van der Waals surface area contributed by atoms with Crippen molar-refractivity contribution in [3.05, 3.63) is 17.5 Å². The minimum atomic E-state index is -0.930. The van der Waals surface area contributed by atoms with Crippen LogP contribution in [0.1, 0.15) is 45.1 Å². The monoisotopic (exact) mass is 169 g/mol. The molecule has 0 amide bonds. The van der Waals surface area contributed by atoms with Crippen molar-refractivity contribution in [2.45, 2.75) is 39.2 Å². The van der Waals surface area contributed by atoms with Gasteiger partial charge in [-0.2, -0.15) is 0 Å². The maximum atomic E-state index is 9.55. The van der Waals surface area contributed by atoms with E-state index in [9.17, 15) is 5.11 Å². The minimum Gasteiger partial charge on any atom is -0.382 e. The van der Waals surface area contributed by atoms with E-state index in [4.69, 9.17) is 4.52 Å². The smallest absolute Gasteiger partial charge is 0.167 e. The van der Waals surface area contributed by atoms with E-state index in [1.54, 1.807) is 19.9 Å². The van der Waals surface area contributed by atoms with Crippen LogP contribution in [-0.4, -0.2) is 10.3 Å². The van der Waals surface area contributed by atoms with Crippen LogP contribution in [0, 0.1) is 0 Å². The molecule has 0 bridgehead atoms. The number of aromatic nitrogens is 1. The largest absolute Gasteiger partial charge is 0.382 e. The summed E-state index contributed by atoms with van der Waals surface area (Å²) in [5.41, 5.74) is -0.0488. The number of hydrogen-bond donors (Lipinski definition) is 1. The molecule has 0 saturated heterocycles. The zero-order valence-corrected chi connectivity index (χ0v) is 7.96. The Kier molecular flexibility index (Phi) is 2.24. The molecular weight excluding hydrogens is 154 g/mol. The zero-order chi connectivity index (χ0) is 9.35. The molecule has 1 aromatic rings. The van der Waals surface area contributed by atoms with Crippen LogP contribution in [0.3, 0.4) is 0 Å². The molecule has 1 rings (SSSR count). The molecule has 0 aliphatic rings. The highest BCUT2D eigenvalue weighted by Crippen LogP contribution is 2.23. The Morgan fingerprint density at radius 1 is 1.50 bits per heavy atom. The Bertz CT molecular complexity index is 258. The van der Waals surface area contributed by atoms with Gasteiger partial charge in [-0.3, -0.25) is 0 Å². The van der Waals surface area contributed by atoms with E-state index in [2.05, 4.69) is 5.16 Å². The molecule has 3 nitrogen and oxygen atoms in total. The molecule has 0 atom stereocenters. The van der Waals surface area contributed by atoms with Crippen molar-refractivity contribution in [1.29, 1.82) is 0 Å². The van der Waals surface area contributed by atoms with Crippen molar-refractivity contribution in [3.63, 3.8) is 0 Å². The van der Waals surface area contributed by atoms with E-state index < -0.39 is 5.60 Å². The van der Waals surface area contributed by atoms with Crippen LogP contribution in [0.2, 0.25) is 0 Å². The molecule has 0 aliphatic heterocycles. The fraction of sp³-hybridized carbons (Fsp3) is 0.667. The summed E-state index contributed by atoms with van der Waals surface area (Å²) in [5, 5.41) is 13.4. The van der Waals surface area contributed by atoms with Crippen molar-refractivity contribution >= 4 is 0 Å². The van der Waals surface area contributed by atoms with Crippen LogP contribution in [0.25, 0.3) is 0 Å². The fourth-order valence-corrected chi connectivity index (χ4v) is 0.849. The van der Waals surface area contributed by atoms with Gasteiger partial charge in [0.05, 0.1) is 5.69 Å². The highest BCUT2D eigenvalue weighted by molar-refractivity contribution is 5.13. The fourth-order valence-electron chi connectivity index (χ4n) is 0.849. The maximum absolute atomic E-state index is 9.55. The number of hydrogen-bond acceptors (Lipinski definition) is 3. The summed E-state index contributed by atoms with van der Waals surface area (Å²) >= 11 is 0. The minimum absolute atomic E-state index is 0.338. The van der Waals surface area contributed by atoms with Gasteiger partial charge in [-0.1, -0.05) is 19.0 Å². The van der Waals surface area contributed by atoms with Gasteiger partial charge in [-0.15, -0.1) is 0 Å². The normalized spacial score (nSPS) is 12.5. The number of rotatable bonds is 2. The lowest BCUT2D eigenvalue weighted by atomic mass is 10.0. The highest BCUT2D eigenvalue weighted by Gasteiger charge is 2.22. The molecule has 0 saturated carbocycles. The van der Waals surface area contributed by atoms with Crippen LogP contribution in [0.15, 0.2) is 10.6 Å². The first-order valence-electron chi connectivity index (χ1n) is 4.10. The first-order chi connectivity index (χ1) is 5.41. The predicted octanol–water partition coefficient (Wildman–Crippen LogP) is 2.03. The molecule has 3 heteroatoms. The molecule has 1 heterocycles. The topological polar surface area (TPSA) is 46.3 Å². The van der Waals surface area contributed by atoms with Gasteiger partial charge in [-0.05, 0) is 19.8 Å². The van der Waals surface area contributed by atoms with E-state index in [0.717, 1.165) is 5.69 Å². The molecule has 0 aliphatic carbocycles. The van der Waals surface area contributed by atoms with Crippen LogP contribution >= 0.6 is 0 Å². The van der Waals surface area contributed by atoms with Gasteiger partial charge in [0.25, 0.3) is 0 Å². The Balaban J connectivity index is 2.92. The molecule has 12 heavy (non-hydrogen) atoms. The number of aliphatic hydroxyl groups is 1. The van der Waals surface area contributed by atoms with Crippen LogP contribution in [0.5, 0.6) is 0 Å². The summed E-state index contributed by atoms with van der Waals surface area (Å²) in [4.78, 5) is 0. The van der Waals surface area contributed by atoms with Gasteiger partial charge in [0.2, 0.25) is 0 Å². The molecule has 0 unspecified atom stereocenters. The Morgan fingerprint density at radius 2 is 2.08 bits per heavy atom. The summed E-state index contributed by atoms with van der Waals surface area (Å²) in [5.74, 6) is 0.857. The highest BCUT2D eigenvalue weighted by atomic mass is 16.5. The third-order valence-corrected chi connectivity index (χ3v) is 1.72. The van der Waals surface area contributed by atoms with Crippen LogP contribution in [0.4, 0.5) is 0 Å². The SMILES string of the molecule is CC(C)c1cc(C(C)(C)O)on1. The first kappa shape index (κ1) is 9.26. The van der Waals surface area contributed by atoms with Crippen LogP contribution in [-0.2, 0) is 5.60 Å². The average Bonchev–Trinajstić information content (AvgIpc) is 2.30. The summed E-state index contributed by atoms with van der Waals surface area (Å²) < 4.78 is 4.99.